The Morgan fingerprint density at radius 2 is 2.24 bits per heavy atom. The van der Waals surface area contributed by atoms with E-state index < -0.39 is 5.82 Å². The number of hydrogen-bond donors (Lipinski definition) is 0. The van der Waals surface area contributed by atoms with Gasteiger partial charge in [-0.1, -0.05) is 6.07 Å². The molecule has 0 spiro atoms. The third-order valence-electron chi connectivity index (χ3n) is 3.98. The van der Waals surface area contributed by atoms with Crippen LogP contribution < -0.4 is 4.90 Å². The van der Waals surface area contributed by atoms with Crippen molar-refractivity contribution >= 4 is 11.5 Å². The molecule has 2 heterocycles. The number of carbonyl (C=O) groups excluding carboxylic acids is 1. The second-order valence-corrected chi connectivity index (χ2v) is 5.42. The molecule has 0 bridgehead atoms. The summed E-state index contributed by atoms with van der Waals surface area (Å²) in [6.45, 7) is 2.99. The number of halogens is 1. The summed E-state index contributed by atoms with van der Waals surface area (Å²) in [6, 6.07) is 6.99. The Morgan fingerprint density at radius 1 is 1.38 bits per heavy atom. The molecule has 1 unspecified atom stereocenters. The average Bonchev–Trinajstić information content (AvgIpc) is 3.01. The van der Waals surface area contributed by atoms with Gasteiger partial charge in [0.1, 0.15) is 5.82 Å². The van der Waals surface area contributed by atoms with Crippen molar-refractivity contribution < 1.29 is 9.18 Å². The van der Waals surface area contributed by atoms with Gasteiger partial charge in [-0.25, -0.2) is 4.39 Å². The number of hydrogen-bond acceptors (Lipinski definition) is 3. The van der Waals surface area contributed by atoms with E-state index in [4.69, 9.17) is 0 Å². The highest BCUT2D eigenvalue weighted by Crippen LogP contribution is 2.29. The molecule has 0 N–H and O–H groups in total. The molecule has 1 atom stereocenters. The Morgan fingerprint density at radius 3 is 2.95 bits per heavy atom. The summed E-state index contributed by atoms with van der Waals surface area (Å²) < 4.78 is 15.9. The van der Waals surface area contributed by atoms with E-state index in [0.717, 1.165) is 25.9 Å². The van der Waals surface area contributed by atoms with Crippen LogP contribution >= 0.6 is 0 Å². The molecule has 4 nitrogen and oxygen atoms in total. The largest absolute Gasteiger partial charge is 0.369 e. The van der Waals surface area contributed by atoms with E-state index in [-0.39, 0.29) is 17.4 Å². The molecule has 1 saturated heterocycles. The van der Waals surface area contributed by atoms with Gasteiger partial charge in [-0.3, -0.25) is 9.48 Å². The summed E-state index contributed by atoms with van der Waals surface area (Å²) in [6.07, 6.45) is 5.76. The lowest BCUT2D eigenvalue weighted by molar-refractivity contribution is 0.101. The molecule has 3 rings (SSSR count). The number of anilines is 1. The van der Waals surface area contributed by atoms with E-state index in [1.807, 2.05) is 23.0 Å². The molecule has 1 aromatic carbocycles. The average molecular weight is 287 g/mol. The first-order valence-electron chi connectivity index (χ1n) is 7.20. The molecule has 1 fully saturated rings. The number of aromatic nitrogens is 2. The van der Waals surface area contributed by atoms with Gasteiger partial charge in [0.25, 0.3) is 0 Å². The van der Waals surface area contributed by atoms with Crippen molar-refractivity contribution in [3.63, 3.8) is 0 Å². The third kappa shape index (κ3) is 2.68. The van der Waals surface area contributed by atoms with E-state index in [1.54, 1.807) is 12.3 Å². The lowest BCUT2D eigenvalue weighted by Crippen LogP contribution is -2.37. The van der Waals surface area contributed by atoms with E-state index >= 15 is 0 Å². The van der Waals surface area contributed by atoms with Crippen molar-refractivity contribution in [2.24, 2.45) is 0 Å². The SMILES string of the molecule is CC(=O)c1c(F)cccc1N1CCCC(n2cccn2)C1. The smallest absolute Gasteiger partial charge is 0.164 e. The molecular formula is C16H18FN3O. The summed E-state index contributed by atoms with van der Waals surface area (Å²) in [5.41, 5.74) is 0.887. The number of ketones is 1. The highest BCUT2D eigenvalue weighted by atomic mass is 19.1. The van der Waals surface area contributed by atoms with E-state index in [0.29, 0.717) is 5.69 Å². The molecule has 1 aliphatic rings. The predicted molar refractivity (Wildman–Crippen MR) is 79.1 cm³/mol. The molecular weight excluding hydrogens is 269 g/mol. The molecule has 1 aliphatic heterocycles. The lowest BCUT2D eigenvalue weighted by atomic mass is 10.0. The molecule has 5 heteroatoms. The second kappa shape index (κ2) is 5.68. The minimum atomic E-state index is -0.443. The standard InChI is InChI=1S/C16H18FN3O/c1-12(21)16-14(17)6-2-7-15(16)19-9-3-5-13(11-19)20-10-4-8-18-20/h2,4,6-8,10,13H,3,5,9,11H2,1H3. The fourth-order valence-electron chi connectivity index (χ4n) is 3.01. The van der Waals surface area contributed by atoms with Gasteiger partial charge in [0.2, 0.25) is 0 Å². The first-order chi connectivity index (χ1) is 10.2. The van der Waals surface area contributed by atoms with Crippen molar-refractivity contribution in [2.45, 2.75) is 25.8 Å². The first-order valence-corrected chi connectivity index (χ1v) is 7.20. The maximum atomic E-state index is 14.0. The predicted octanol–water partition coefficient (Wildman–Crippen LogP) is 3.07. The van der Waals surface area contributed by atoms with Crippen LogP contribution in [0.15, 0.2) is 36.7 Å². The number of rotatable bonds is 3. The molecule has 21 heavy (non-hydrogen) atoms. The highest BCUT2D eigenvalue weighted by molar-refractivity contribution is 6.00. The van der Waals surface area contributed by atoms with Crippen molar-refractivity contribution in [1.29, 1.82) is 0 Å². The van der Waals surface area contributed by atoms with Gasteiger partial charge in [-0.05, 0) is 38.0 Å². The zero-order valence-corrected chi connectivity index (χ0v) is 12.0. The molecule has 0 amide bonds. The van der Waals surface area contributed by atoms with Gasteiger partial charge in [0.15, 0.2) is 5.78 Å². The molecule has 0 saturated carbocycles. The molecule has 1 aromatic heterocycles. The Labute approximate surface area is 123 Å². The zero-order valence-electron chi connectivity index (χ0n) is 12.0. The number of carbonyl (C=O) groups is 1. The van der Waals surface area contributed by atoms with Crippen LogP contribution in [0, 0.1) is 5.82 Å². The van der Waals surface area contributed by atoms with E-state index in [9.17, 15) is 9.18 Å². The Kier molecular flexibility index (Phi) is 3.73. The number of piperidine rings is 1. The Hall–Kier alpha value is -2.17. The van der Waals surface area contributed by atoms with Crippen LogP contribution in [0.25, 0.3) is 0 Å². The van der Waals surface area contributed by atoms with Crippen LogP contribution in [0.2, 0.25) is 0 Å². The second-order valence-electron chi connectivity index (χ2n) is 5.42. The molecule has 110 valence electrons. The molecule has 0 aliphatic carbocycles. The molecule has 0 radical (unpaired) electrons. The number of benzene rings is 1. The first kappa shape index (κ1) is 13.8. The van der Waals surface area contributed by atoms with Gasteiger partial charge >= 0.3 is 0 Å². The Bertz CT molecular complexity index is 639. The van der Waals surface area contributed by atoms with Gasteiger partial charge in [-0.15, -0.1) is 0 Å². The van der Waals surface area contributed by atoms with Crippen LogP contribution in [0.4, 0.5) is 10.1 Å². The van der Waals surface area contributed by atoms with Crippen molar-refractivity contribution in [2.75, 3.05) is 18.0 Å². The van der Waals surface area contributed by atoms with E-state index in [2.05, 4.69) is 10.00 Å². The van der Waals surface area contributed by atoms with Crippen molar-refractivity contribution in [1.82, 2.24) is 9.78 Å². The summed E-state index contributed by atoms with van der Waals surface area (Å²) in [5.74, 6) is -0.675. The summed E-state index contributed by atoms with van der Waals surface area (Å²) in [5, 5.41) is 4.29. The quantitative estimate of drug-likeness (QED) is 0.814. The van der Waals surface area contributed by atoms with Gasteiger partial charge < -0.3 is 4.90 Å². The highest BCUT2D eigenvalue weighted by Gasteiger charge is 2.25. The van der Waals surface area contributed by atoms with Crippen LogP contribution in [-0.2, 0) is 0 Å². The van der Waals surface area contributed by atoms with Gasteiger partial charge in [0, 0.05) is 25.5 Å². The van der Waals surface area contributed by atoms with Crippen LogP contribution in [0.5, 0.6) is 0 Å². The van der Waals surface area contributed by atoms with Crippen molar-refractivity contribution in [3.8, 4) is 0 Å². The van der Waals surface area contributed by atoms with Gasteiger partial charge in [0.05, 0.1) is 17.3 Å². The Balaban J connectivity index is 1.90. The number of nitrogens with zero attached hydrogens (tertiary/aromatic N) is 3. The van der Waals surface area contributed by atoms with Crippen LogP contribution in [0.3, 0.4) is 0 Å². The van der Waals surface area contributed by atoms with E-state index in [1.165, 1.54) is 13.0 Å². The van der Waals surface area contributed by atoms with Crippen LogP contribution in [0.1, 0.15) is 36.2 Å². The maximum Gasteiger partial charge on any atom is 0.164 e. The lowest BCUT2D eigenvalue weighted by Gasteiger charge is -2.35. The normalized spacial score (nSPS) is 18.8. The molecule has 2 aromatic rings. The fraction of sp³-hybridized carbons (Fsp3) is 0.375. The minimum Gasteiger partial charge on any atom is -0.369 e. The monoisotopic (exact) mass is 287 g/mol. The maximum absolute atomic E-state index is 14.0. The van der Waals surface area contributed by atoms with Gasteiger partial charge in [-0.2, -0.15) is 5.10 Å². The minimum absolute atomic E-state index is 0.193. The third-order valence-corrected chi connectivity index (χ3v) is 3.98. The fourth-order valence-corrected chi connectivity index (χ4v) is 3.01. The topological polar surface area (TPSA) is 38.1 Å². The number of Topliss-reactive ketones (excluding diaryl/α,β-unsaturated/α-hetero) is 1. The van der Waals surface area contributed by atoms with Crippen molar-refractivity contribution in [3.05, 3.63) is 48.0 Å². The summed E-state index contributed by atoms with van der Waals surface area (Å²) >= 11 is 0. The summed E-state index contributed by atoms with van der Waals surface area (Å²) in [7, 11) is 0. The zero-order chi connectivity index (χ0) is 14.8. The summed E-state index contributed by atoms with van der Waals surface area (Å²) in [4.78, 5) is 13.8. The van der Waals surface area contributed by atoms with Crippen LogP contribution in [-0.4, -0.2) is 28.7 Å².